The van der Waals surface area contributed by atoms with Gasteiger partial charge in [0.2, 0.25) is 5.91 Å². The summed E-state index contributed by atoms with van der Waals surface area (Å²) in [7, 11) is 0. The SMILES string of the molecule is O=C1CCC2(CCN(Cc3cccn3-c3ccc(Cl)cn3)CC2)N1Cc1ccccc1F. The van der Waals surface area contributed by atoms with Crippen molar-refractivity contribution in [1.29, 1.82) is 0 Å². The number of likely N-dealkylation sites (tertiary alicyclic amines) is 2. The van der Waals surface area contributed by atoms with Gasteiger partial charge in [-0.05, 0) is 49.6 Å². The number of halogens is 2. The molecule has 2 aliphatic heterocycles. The van der Waals surface area contributed by atoms with Gasteiger partial charge in [-0.15, -0.1) is 0 Å². The number of nitrogens with zero attached hydrogens (tertiary/aromatic N) is 4. The molecule has 2 fully saturated rings. The number of carbonyl (C=O) groups excluding carboxylic acids is 1. The van der Waals surface area contributed by atoms with Crippen LogP contribution < -0.4 is 0 Å². The Balaban J connectivity index is 1.27. The minimum atomic E-state index is -0.239. The van der Waals surface area contributed by atoms with Crippen LogP contribution in [0, 0.1) is 5.82 Å². The highest BCUT2D eigenvalue weighted by Crippen LogP contribution is 2.40. The second-order valence-electron chi connectivity index (χ2n) is 8.78. The zero-order valence-electron chi connectivity index (χ0n) is 17.9. The van der Waals surface area contributed by atoms with E-state index >= 15 is 0 Å². The summed E-state index contributed by atoms with van der Waals surface area (Å²) in [4.78, 5) is 21.5. The fourth-order valence-electron chi connectivity index (χ4n) is 5.08. The topological polar surface area (TPSA) is 41.4 Å². The van der Waals surface area contributed by atoms with Crippen LogP contribution in [0.2, 0.25) is 5.02 Å². The van der Waals surface area contributed by atoms with E-state index in [0.717, 1.165) is 44.7 Å². The Morgan fingerprint density at radius 2 is 1.81 bits per heavy atom. The van der Waals surface area contributed by atoms with Crippen molar-refractivity contribution in [3.05, 3.63) is 83.0 Å². The summed E-state index contributed by atoms with van der Waals surface area (Å²) in [5, 5.41) is 0.620. The molecule has 0 saturated carbocycles. The van der Waals surface area contributed by atoms with E-state index in [-0.39, 0.29) is 17.3 Å². The second-order valence-corrected chi connectivity index (χ2v) is 9.21. The van der Waals surface area contributed by atoms with Crippen LogP contribution in [0.15, 0.2) is 60.9 Å². The molecule has 1 aromatic carbocycles. The van der Waals surface area contributed by atoms with Crippen LogP contribution in [0.4, 0.5) is 4.39 Å². The van der Waals surface area contributed by atoms with Crippen molar-refractivity contribution in [2.24, 2.45) is 0 Å². The molecule has 32 heavy (non-hydrogen) atoms. The number of carbonyl (C=O) groups is 1. The first-order valence-electron chi connectivity index (χ1n) is 11.1. The van der Waals surface area contributed by atoms with Gasteiger partial charge in [-0.1, -0.05) is 29.8 Å². The Bertz CT molecular complexity index is 1110. The highest BCUT2D eigenvalue weighted by molar-refractivity contribution is 6.30. The molecule has 3 aromatic rings. The summed E-state index contributed by atoms with van der Waals surface area (Å²) in [6, 6.07) is 14.7. The van der Waals surface area contributed by atoms with Crippen LogP contribution in [-0.4, -0.2) is 43.9 Å². The second kappa shape index (κ2) is 8.68. The van der Waals surface area contributed by atoms with Gasteiger partial charge in [0.1, 0.15) is 11.6 Å². The average Bonchev–Trinajstić information content (AvgIpc) is 3.38. The van der Waals surface area contributed by atoms with Gasteiger partial charge >= 0.3 is 0 Å². The minimum Gasteiger partial charge on any atom is -0.332 e. The number of benzene rings is 1. The minimum absolute atomic E-state index is 0.143. The van der Waals surface area contributed by atoms with E-state index in [0.29, 0.717) is 23.6 Å². The van der Waals surface area contributed by atoms with Crippen molar-refractivity contribution in [3.8, 4) is 5.82 Å². The first-order chi connectivity index (χ1) is 15.5. The van der Waals surface area contributed by atoms with Crippen LogP contribution in [0.5, 0.6) is 0 Å². The normalized spacial score (nSPS) is 18.6. The zero-order valence-corrected chi connectivity index (χ0v) is 18.6. The molecule has 0 aliphatic carbocycles. The van der Waals surface area contributed by atoms with Crippen LogP contribution in [0.3, 0.4) is 0 Å². The highest BCUT2D eigenvalue weighted by atomic mass is 35.5. The lowest BCUT2D eigenvalue weighted by atomic mass is 9.84. The number of hydrogen-bond donors (Lipinski definition) is 0. The molecule has 166 valence electrons. The molecule has 0 atom stereocenters. The lowest BCUT2D eigenvalue weighted by Crippen LogP contribution is -2.52. The van der Waals surface area contributed by atoms with Crippen molar-refractivity contribution in [3.63, 3.8) is 0 Å². The van der Waals surface area contributed by atoms with E-state index in [9.17, 15) is 9.18 Å². The standard InChI is InChI=1S/C25H26ClFN4O/c26-20-7-8-23(28-16-20)30-13-3-5-21(30)18-29-14-11-25(12-15-29)10-9-24(32)31(25)17-19-4-1-2-6-22(19)27/h1-8,13,16H,9-12,14-15,17-18H2. The lowest BCUT2D eigenvalue weighted by Gasteiger charge is -2.45. The molecule has 0 N–H and O–H groups in total. The molecule has 2 aliphatic rings. The monoisotopic (exact) mass is 452 g/mol. The zero-order chi connectivity index (χ0) is 22.1. The van der Waals surface area contributed by atoms with Gasteiger partial charge in [-0.3, -0.25) is 9.69 Å². The molecule has 4 heterocycles. The number of piperidine rings is 1. The smallest absolute Gasteiger partial charge is 0.223 e. The molecular weight excluding hydrogens is 427 g/mol. The molecule has 2 aromatic heterocycles. The van der Waals surface area contributed by atoms with Crippen LogP contribution in [-0.2, 0) is 17.9 Å². The summed E-state index contributed by atoms with van der Waals surface area (Å²) < 4.78 is 16.3. The number of rotatable bonds is 5. The number of aromatic nitrogens is 2. The molecule has 0 radical (unpaired) electrons. The van der Waals surface area contributed by atoms with E-state index in [1.807, 2.05) is 35.4 Å². The average molecular weight is 453 g/mol. The van der Waals surface area contributed by atoms with Gasteiger partial charge < -0.3 is 9.47 Å². The Morgan fingerprint density at radius 3 is 2.56 bits per heavy atom. The van der Waals surface area contributed by atoms with E-state index in [1.54, 1.807) is 18.3 Å². The van der Waals surface area contributed by atoms with Gasteiger partial charge in [-0.2, -0.15) is 0 Å². The summed E-state index contributed by atoms with van der Waals surface area (Å²) in [5.74, 6) is 0.751. The molecule has 0 bridgehead atoms. The van der Waals surface area contributed by atoms with Crippen LogP contribution >= 0.6 is 11.6 Å². The number of amides is 1. The fourth-order valence-corrected chi connectivity index (χ4v) is 5.19. The predicted molar refractivity (Wildman–Crippen MR) is 122 cm³/mol. The third kappa shape index (κ3) is 4.05. The molecular formula is C25H26ClFN4O. The third-order valence-corrected chi connectivity index (χ3v) is 7.15. The molecule has 0 unspecified atom stereocenters. The predicted octanol–water partition coefficient (Wildman–Crippen LogP) is 4.82. The maximum atomic E-state index is 14.2. The van der Waals surface area contributed by atoms with Gasteiger partial charge in [0, 0.05) is 61.8 Å². The van der Waals surface area contributed by atoms with Crippen LogP contribution in [0.25, 0.3) is 5.82 Å². The third-order valence-electron chi connectivity index (χ3n) is 6.93. The van der Waals surface area contributed by atoms with Gasteiger partial charge in [0.15, 0.2) is 0 Å². The quantitative estimate of drug-likeness (QED) is 0.557. The Hall–Kier alpha value is -2.70. The van der Waals surface area contributed by atoms with Gasteiger partial charge in [0.05, 0.1) is 5.02 Å². The van der Waals surface area contributed by atoms with Crippen molar-refractivity contribution >= 4 is 17.5 Å². The van der Waals surface area contributed by atoms with E-state index in [4.69, 9.17) is 11.6 Å². The van der Waals surface area contributed by atoms with Gasteiger partial charge in [0.25, 0.3) is 0 Å². The largest absolute Gasteiger partial charge is 0.332 e. The first kappa shape index (κ1) is 21.2. The van der Waals surface area contributed by atoms with Crippen molar-refractivity contribution in [1.82, 2.24) is 19.4 Å². The number of hydrogen-bond acceptors (Lipinski definition) is 3. The summed E-state index contributed by atoms with van der Waals surface area (Å²) in [5.41, 5.74) is 1.61. The molecule has 2 saturated heterocycles. The maximum Gasteiger partial charge on any atom is 0.223 e. The van der Waals surface area contributed by atoms with Crippen LogP contribution in [0.1, 0.15) is 36.9 Å². The molecule has 1 spiro atoms. The van der Waals surface area contributed by atoms with Crippen molar-refractivity contribution in [2.75, 3.05) is 13.1 Å². The molecule has 7 heteroatoms. The molecule has 5 rings (SSSR count). The van der Waals surface area contributed by atoms with E-state index in [2.05, 4.69) is 20.5 Å². The summed E-state index contributed by atoms with van der Waals surface area (Å²) >= 11 is 5.98. The Labute approximate surface area is 192 Å². The molecule has 1 amide bonds. The lowest BCUT2D eigenvalue weighted by molar-refractivity contribution is -0.133. The van der Waals surface area contributed by atoms with Crippen molar-refractivity contribution < 1.29 is 9.18 Å². The van der Waals surface area contributed by atoms with E-state index < -0.39 is 0 Å². The first-order valence-corrected chi connectivity index (χ1v) is 11.5. The summed E-state index contributed by atoms with van der Waals surface area (Å²) in [6.45, 7) is 2.98. The number of pyridine rings is 1. The van der Waals surface area contributed by atoms with E-state index in [1.165, 1.54) is 11.8 Å². The Kier molecular flexibility index (Phi) is 5.74. The Morgan fingerprint density at radius 1 is 1.00 bits per heavy atom. The molecule has 5 nitrogen and oxygen atoms in total. The van der Waals surface area contributed by atoms with Crippen molar-refractivity contribution in [2.45, 2.75) is 44.3 Å². The highest BCUT2D eigenvalue weighted by Gasteiger charge is 2.46. The maximum absolute atomic E-state index is 14.2. The summed E-state index contributed by atoms with van der Waals surface area (Å²) in [6.07, 6.45) is 6.91. The van der Waals surface area contributed by atoms with Gasteiger partial charge in [-0.25, -0.2) is 9.37 Å². The fraction of sp³-hybridized carbons (Fsp3) is 0.360.